The molecule has 0 aromatic heterocycles. The normalized spacial score (nSPS) is 17.5. The molecule has 0 bridgehead atoms. The van der Waals surface area contributed by atoms with E-state index in [1.54, 1.807) is 0 Å². The predicted molar refractivity (Wildman–Crippen MR) is 99.8 cm³/mol. The number of nitrogens with one attached hydrogen (secondary N) is 1. The molecule has 124 valence electrons. The van der Waals surface area contributed by atoms with Crippen molar-refractivity contribution < 1.29 is 4.79 Å². The van der Waals surface area contributed by atoms with Crippen molar-refractivity contribution >= 4 is 18.9 Å². The van der Waals surface area contributed by atoms with Crippen LogP contribution in [0, 0.1) is 25.2 Å². The monoisotopic (exact) mass is 331 g/mol. The lowest BCUT2D eigenvalue weighted by atomic mass is 10.0. The van der Waals surface area contributed by atoms with Crippen LogP contribution < -0.4 is 5.32 Å². The maximum atomic E-state index is 13.0. The van der Waals surface area contributed by atoms with Gasteiger partial charge in [0, 0.05) is 19.6 Å². The van der Waals surface area contributed by atoms with Crippen LogP contribution in [0.5, 0.6) is 0 Å². The Balaban J connectivity index is 2.24. The lowest BCUT2D eigenvalue weighted by Crippen LogP contribution is -2.31. The summed E-state index contributed by atoms with van der Waals surface area (Å²) in [5, 5.41) is 12.3. The lowest BCUT2D eigenvalue weighted by molar-refractivity contribution is -0.116. The Hall–Kier alpha value is -1.39. The van der Waals surface area contributed by atoms with Crippen molar-refractivity contribution in [3.05, 3.63) is 28.8 Å². The quantitative estimate of drug-likeness (QED) is 0.794. The first-order chi connectivity index (χ1) is 10.9. The number of amides is 1. The number of anilines is 1. The highest BCUT2D eigenvalue weighted by molar-refractivity contribution is 7.77. The Bertz CT molecular complexity index is 604. The van der Waals surface area contributed by atoms with E-state index in [4.69, 9.17) is 5.26 Å². The van der Waals surface area contributed by atoms with Gasteiger partial charge in [0.1, 0.15) is 5.66 Å². The summed E-state index contributed by atoms with van der Waals surface area (Å²) in [5.41, 5.74) is 3.67. The molecule has 1 N–H and O–H groups in total. The number of hydrogen-bond donors (Lipinski definition) is 1. The van der Waals surface area contributed by atoms with Crippen molar-refractivity contribution in [2.24, 2.45) is 0 Å². The number of aryl methyl sites for hydroxylation is 2. The molecular weight excluding hydrogens is 303 g/mol. The maximum absolute atomic E-state index is 13.0. The summed E-state index contributed by atoms with van der Waals surface area (Å²) in [6.07, 6.45) is 7.13. The van der Waals surface area contributed by atoms with Crippen LogP contribution in [0.3, 0.4) is 0 Å². The average Bonchev–Trinajstić information content (AvgIpc) is 2.95. The van der Waals surface area contributed by atoms with Gasteiger partial charge in [-0.2, -0.15) is 5.26 Å². The van der Waals surface area contributed by atoms with Crippen LogP contribution >= 0.6 is 7.26 Å². The molecule has 1 heterocycles. The summed E-state index contributed by atoms with van der Waals surface area (Å²) >= 11 is 0. The average molecular weight is 331 g/mol. The molecule has 0 aliphatic carbocycles. The second kappa shape index (κ2) is 7.45. The first-order valence-corrected chi connectivity index (χ1v) is 11.3. The topological polar surface area (TPSA) is 52.9 Å². The molecule has 1 aliphatic heterocycles. The Labute approximate surface area is 140 Å². The summed E-state index contributed by atoms with van der Waals surface area (Å²) < 4.78 is 0. The fourth-order valence-corrected chi connectivity index (χ4v) is 8.05. The van der Waals surface area contributed by atoms with Crippen LogP contribution in [-0.4, -0.2) is 30.6 Å². The van der Waals surface area contributed by atoms with Gasteiger partial charge in [-0.3, -0.25) is 4.79 Å². The Morgan fingerprint density at radius 2 is 1.87 bits per heavy atom. The third-order valence-corrected chi connectivity index (χ3v) is 9.79. The second-order valence-electron chi connectivity index (χ2n) is 7.02. The minimum Gasteiger partial charge on any atom is -0.322 e. The fraction of sp³-hybridized carbons (Fsp3) is 0.579. The molecule has 4 heteroatoms. The molecule has 1 fully saturated rings. The summed E-state index contributed by atoms with van der Waals surface area (Å²) in [4.78, 5) is 13.0. The Kier molecular flexibility index (Phi) is 5.82. The molecule has 1 aromatic rings. The number of nitrogens with zero attached hydrogens (tertiary/aromatic N) is 1. The van der Waals surface area contributed by atoms with Crippen molar-refractivity contribution in [3.63, 3.8) is 0 Å². The van der Waals surface area contributed by atoms with E-state index < -0.39 is 7.26 Å². The van der Waals surface area contributed by atoms with E-state index in [0.717, 1.165) is 29.7 Å². The molecule has 1 aliphatic rings. The first kappa shape index (κ1) is 18.0. The standard InChI is InChI=1S/C19H27N2OP/c1-5-8-17(23(4)9-6-7-10-23)19(22)21-18-14(2)11-16(13-20)12-15(18)3/h11-12,17H,5-10H2,1-4H3/p+1. The first-order valence-electron chi connectivity index (χ1n) is 8.57. The molecule has 1 unspecified atom stereocenters. The van der Waals surface area contributed by atoms with Crippen LogP contribution in [0.2, 0.25) is 0 Å². The molecule has 0 saturated carbocycles. The lowest BCUT2D eigenvalue weighted by Gasteiger charge is -2.27. The third kappa shape index (κ3) is 3.93. The molecule has 1 atom stereocenters. The van der Waals surface area contributed by atoms with E-state index in [0.29, 0.717) is 5.56 Å². The molecule has 1 amide bonds. The largest absolute Gasteiger partial charge is 0.322 e. The smallest absolute Gasteiger partial charge is 0.265 e. The molecule has 23 heavy (non-hydrogen) atoms. The highest BCUT2D eigenvalue weighted by Crippen LogP contribution is 2.65. The van der Waals surface area contributed by atoms with Gasteiger partial charge in [-0.15, -0.1) is 0 Å². The minimum atomic E-state index is -1.15. The molecule has 3 nitrogen and oxygen atoms in total. The number of carbonyl (C=O) groups is 1. The molecule has 1 saturated heterocycles. The molecule has 1 aromatic carbocycles. The Morgan fingerprint density at radius 1 is 1.30 bits per heavy atom. The van der Waals surface area contributed by atoms with E-state index in [1.807, 2.05) is 26.0 Å². The van der Waals surface area contributed by atoms with Crippen molar-refractivity contribution in [3.8, 4) is 6.07 Å². The van der Waals surface area contributed by atoms with Gasteiger partial charge in [-0.1, -0.05) is 13.3 Å². The number of rotatable bonds is 5. The van der Waals surface area contributed by atoms with Gasteiger partial charge in [-0.25, -0.2) is 0 Å². The number of benzene rings is 1. The number of hydrogen-bond acceptors (Lipinski definition) is 2. The third-order valence-electron chi connectivity index (χ3n) is 5.12. The van der Waals surface area contributed by atoms with Crippen LogP contribution in [0.1, 0.15) is 49.3 Å². The summed E-state index contributed by atoms with van der Waals surface area (Å²) in [7, 11) is -1.15. The van der Waals surface area contributed by atoms with Crippen LogP contribution in [-0.2, 0) is 4.79 Å². The highest BCUT2D eigenvalue weighted by Gasteiger charge is 2.47. The van der Waals surface area contributed by atoms with Gasteiger partial charge < -0.3 is 5.32 Å². The summed E-state index contributed by atoms with van der Waals surface area (Å²) in [5.74, 6) is 0.195. The molecule has 0 radical (unpaired) electrons. The van der Waals surface area contributed by atoms with Gasteiger partial charge in [0.05, 0.1) is 24.0 Å². The van der Waals surface area contributed by atoms with Crippen molar-refractivity contribution in [2.75, 3.05) is 24.3 Å². The van der Waals surface area contributed by atoms with Crippen LogP contribution in [0.4, 0.5) is 5.69 Å². The summed E-state index contributed by atoms with van der Waals surface area (Å²) in [6, 6.07) is 5.88. The zero-order valence-corrected chi connectivity index (χ0v) is 15.7. The van der Waals surface area contributed by atoms with Gasteiger partial charge in [0.15, 0.2) is 0 Å². The van der Waals surface area contributed by atoms with Crippen molar-refractivity contribution in [1.29, 1.82) is 5.26 Å². The highest BCUT2D eigenvalue weighted by atomic mass is 31.2. The summed E-state index contributed by atoms with van der Waals surface area (Å²) in [6.45, 7) is 8.48. The molecule has 0 spiro atoms. The van der Waals surface area contributed by atoms with E-state index in [-0.39, 0.29) is 11.6 Å². The predicted octanol–water partition coefficient (Wildman–Crippen LogP) is 4.72. The van der Waals surface area contributed by atoms with Gasteiger partial charge in [0.2, 0.25) is 0 Å². The molecular formula is C19H28N2OP+. The van der Waals surface area contributed by atoms with Crippen LogP contribution in [0.25, 0.3) is 0 Å². The van der Waals surface area contributed by atoms with Gasteiger partial charge in [-0.05, 0) is 56.4 Å². The molecule has 2 rings (SSSR count). The van der Waals surface area contributed by atoms with Crippen molar-refractivity contribution in [2.45, 2.75) is 52.1 Å². The van der Waals surface area contributed by atoms with E-state index in [1.165, 1.54) is 25.2 Å². The number of nitriles is 1. The fourth-order valence-electron chi connectivity index (χ4n) is 3.80. The van der Waals surface area contributed by atoms with E-state index in [2.05, 4.69) is 25.0 Å². The van der Waals surface area contributed by atoms with E-state index >= 15 is 0 Å². The minimum absolute atomic E-state index is 0.185. The van der Waals surface area contributed by atoms with Gasteiger partial charge in [0.25, 0.3) is 5.91 Å². The zero-order valence-electron chi connectivity index (χ0n) is 14.8. The Morgan fingerprint density at radius 3 is 2.35 bits per heavy atom. The van der Waals surface area contributed by atoms with Crippen molar-refractivity contribution in [1.82, 2.24) is 0 Å². The second-order valence-corrected chi connectivity index (χ2v) is 11.5. The van der Waals surface area contributed by atoms with Gasteiger partial charge >= 0.3 is 0 Å². The number of carbonyl (C=O) groups excluding carboxylic acids is 1. The maximum Gasteiger partial charge on any atom is 0.265 e. The SMILES string of the molecule is CCCC(C(=O)Nc1c(C)cc(C#N)cc1C)[P+]1(C)CCCC1. The van der Waals surface area contributed by atoms with Crippen LogP contribution in [0.15, 0.2) is 12.1 Å². The zero-order chi connectivity index (χ0) is 17.0. The van der Waals surface area contributed by atoms with E-state index in [9.17, 15) is 4.79 Å².